The normalized spacial score (nSPS) is 11.2. The lowest BCUT2D eigenvalue weighted by Gasteiger charge is -2.17. The van der Waals surface area contributed by atoms with Crippen molar-refractivity contribution in [3.8, 4) is 5.75 Å². The summed E-state index contributed by atoms with van der Waals surface area (Å²) in [4.78, 5) is 22.1. The summed E-state index contributed by atoms with van der Waals surface area (Å²) in [6, 6.07) is 3.07. The first-order valence-corrected chi connectivity index (χ1v) is 6.04. The van der Waals surface area contributed by atoms with Gasteiger partial charge in [-0.25, -0.2) is 0 Å². The number of nitrogens with zero attached hydrogens (tertiary/aromatic N) is 1. The number of ether oxygens (including phenoxy) is 1. The molecule has 104 valence electrons. The van der Waals surface area contributed by atoms with Crippen molar-refractivity contribution >= 4 is 11.5 Å². The van der Waals surface area contributed by atoms with E-state index in [0.29, 0.717) is 16.9 Å². The summed E-state index contributed by atoms with van der Waals surface area (Å²) >= 11 is 0. The molecule has 1 rings (SSSR count). The number of Topliss-reactive ketones (excluding diaryl/α,β-unsaturated/α-hetero) is 1. The summed E-state index contributed by atoms with van der Waals surface area (Å²) in [5.41, 5.74) is 0.781. The average molecular weight is 265 g/mol. The number of carbonyl (C=O) groups excluding carboxylic acids is 1. The molecular weight excluding hydrogens is 246 g/mol. The van der Waals surface area contributed by atoms with Crippen LogP contribution in [-0.2, 0) is 4.79 Å². The molecule has 0 aromatic heterocycles. The molecule has 19 heavy (non-hydrogen) atoms. The highest BCUT2D eigenvalue weighted by Crippen LogP contribution is 2.28. The van der Waals surface area contributed by atoms with Gasteiger partial charge in [-0.15, -0.1) is 0 Å². The summed E-state index contributed by atoms with van der Waals surface area (Å²) in [5, 5.41) is 10.8. The van der Waals surface area contributed by atoms with Crippen molar-refractivity contribution in [2.24, 2.45) is 5.41 Å². The smallest absolute Gasteiger partial charge is 0.272 e. The minimum absolute atomic E-state index is 0.0112. The standard InChI is InChI=1S/C14H19NO4/c1-9-7-12(10(2)6-11(9)15(17)18)19-8-13(16)14(3,4)5/h6-7H,8H2,1-5H3. The Hall–Kier alpha value is -1.91. The summed E-state index contributed by atoms with van der Waals surface area (Å²) in [6.07, 6.45) is 0. The Balaban J connectivity index is 2.89. The van der Waals surface area contributed by atoms with Crippen LogP contribution in [0.3, 0.4) is 0 Å². The number of nitro groups is 1. The van der Waals surface area contributed by atoms with Gasteiger partial charge in [0, 0.05) is 17.0 Å². The molecule has 0 saturated heterocycles. The largest absolute Gasteiger partial charge is 0.486 e. The summed E-state index contributed by atoms with van der Waals surface area (Å²) in [6.45, 7) is 8.83. The highest BCUT2D eigenvalue weighted by molar-refractivity contribution is 5.85. The number of ketones is 1. The maximum absolute atomic E-state index is 11.8. The average Bonchev–Trinajstić information content (AvgIpc) is 2.27. The van der Waals surface area contributed by atoms with E-state index in [2.05, 4.69) is 0 Å². The quantitative estimate of drug-likeness (QED) is 0.619. The number of hydrogen-bond acceptors (Lipinski definition) is 4. The number of benzene rings is 1. The Morgan fingerprint density at radius 2 is 1.84 bits per heavy atom. The third kappa shape index (κ3) is 3.77. The summed E-state index contributed by atoms with van der Waals surface area (Å²) in [5.74, 6) is 0.503. The summed E-state index contributed by atoms with van der Waals surface area (Å²) < 4.78 is 5.47. The van der Waals surface area contributed by atoms with E-state index >= 15 is 0 Å². The number of aryl methyl sites for hydroxylation is 2. The van der Waals surface area contributed by atoms with Crippen LogP contribution in [-0.4, -0.2) is 17.3 Å². The molecule has 0 unspecified atom stereocenters. The van der Waals surface area contributed by atoms with Crippen molar-refractivity contribution in [2.75, 3.05) is 6.61 Å². The van der Waals surface area contributed by atoms with Crippen LogP contribution in [0.1, 0.15) is 31.9 Å². The molecule has 5 heteroatoms. The van der Waals surface area contributed by atoms with E-state index in [4.69, 9.17) is 4.74 Å². The molecule has 0 saturated carbocycles. The molecule has 0 aliphatic carbocycles. The second kappa shape index (κ2) is 5.38. The molecule has 5 nitrogen and oxygen atoms in total. The lowest BCUT2D eigenvalue weighted by molar-refractivity contribution is -0.385. The number of hydrogen-bond donors (Lipinski definition) is 0. The molecule has 0 aliphatic heterocycles. The van der Waals surface area contributed by atoms with Gasteiger partial charge in [0.2, 0.25) is 0 Å². The van der Waals surface area contributed by atoms with Gasteiger partial charge in [0.1, 0.15) is 12.4 Å². The first kappa shape index (κ1) is 15.1. The van der Waals surface area contributed by atoms with Gasteiger partial charge in [-0.1, -0.05) is 20.8 Å². The van der Waals surface area contributed by atoms with Crippen molar-refractivity contribution < 1.29 is 14.5 Å². The fraction of sp³-hybridized carbons (Fsp3) is 0.500. The molecule has 0 fully saturated rings. The minimum Gasteiger partial charge on any atom is -0.486 e. The fourth-order valence-electron chi connectivity index (χ4n) is 1.49. The Morgan fingerprint density at radius 1 is 1.26 bits per heavy atom. The molecule has 0 radical (unpaired) electrons. The van der Waals surface area contributed by atoms with E-state index in [1.807, 2.05) is 20.8 Å². The zero-order valence-corrected chi connectivity index (χ0v) is 11.9. The van der Waals surface area contributed by atoms with Gasteiger partial charge in [-0.3, -0.25) is 14.9 Å². The number of carbonyl (C=O) groups is 1. The number of rotatable bonds is 4. The van der Waals surface area contributed by atoms with Crippen molar-refractivity contribution in [1.29, 1.82) is 0 Å². The van der Waals surface area contributed by atoms with Crippen molar-refractivity contribution in [1.82, 2.24) is 0 Å². The van der Waals surface area contributed by atoms with Crippen LogP contribution < -0.4 is 4.74 Å². The lowest BCUT2D eigenvalue weighted by Crippen LogP contribution is -2.26. The first-order valence-electron chi connectivity index (χ1n) is 6.04. The SMILES string of the molecule is Cc1cc([N+](=O)[O-])c(C)cc1OCC(=O)C(C)(C)C. The van der Waals surface area contributed by atoms with E-state index in [0.717, 1.165) is 0 Å². The van der Waals surface area contributed by atoms with Crippen LogP contribution in [0.15, 0.2) is 12.1 Å². The molecule has 0 heterocycles. The predicted octanol–water partition coefficient (Wildman–Crippen LogP) is 3.21. The van der Waals surface area contributed by atoms with Crippen LogP contribution in [0.4, 0.5) is 5.69 Å². The van der Waals surface area contributed by atoms with Crippen LogP contribution >= 0.6 is 0 Å². The molecule has 0 atom stereocenters. The Bertz CT molecular complexity index is 515. The molecular formula is C14H19NO4. The van der Waals surface area contributed by atoms with E-state index in [-0.39, 0.29) is 18.1 Å². The van der Waals surface area contributed by atoms with Crippen LogP contribution in [0.2, 0.25) is 0 Å². The second-order valence-corrected chi connectivity index (χ2v) is 5.62. The second-order valence-electron chi connectivity index (χ2n) is 5.62. The van der Waals surface area contributed by atoms with Gasteiger partial charge >= 0.3 is 0 Å². The molecule has 1 aromatic carbocycles. The van der Waals surface area contributed by atoms with Gasteiger partial charge in [-0.05, 0) is 25.5 Å². The molecule has 1 aromatic rings. The van der Waals surface area contributed by atoms with E-state index < -0.39 is 10.3 Å². The third-order valence-corrected chi connectivity index (χ3v) is 2.89. The van der Waals surface area contributed by atoms with E-state index in [9.17, 15) is 14.9 Å². The van der Waals surface area contributed by atoms with E-state index in [1.54, 1.807) is 19.9 Å². The molecule has 0 amide bonds. The molecule has 0 bridgehead atoms. The van der Waals surface area contributed by atoms with Gasteiger partial charge in [0.15, 0.2) is 5.78 Å². The highest BCUT2D eigenvalue weighted by Gasteiger charge is 2.22. The fourth-order valence-corrected chi connectivity index (χ4v) is 1.49. The van der Waals surface area contributed by atoms with Gasteiger partial charge in [0.05, 0.1) is 4.92 Å². The highest BCUT2D eigenvalue weighted by atomic mass is 16.6. The number of nitro benzene ring substituents is 1. The van der Waals surface area contributed by atoms with Crippen molar-refractivity contribution in [3.05, 3.63) is 33.4 Å². The monoisotopic (exact) mass is 265 g/mol. The minimum atomic E-state index is -0.455. The molecule has 0 spiro atoms. The molecule has 0 aliphatic rings. The topological polar surface area (TPSA) is 69.4 Å². The van der Waals surface area contributed by atoms with Crippen LogP contribution in [0.25, 0.3) is 0 Å². The predicted molar refractivity (Wildman–Crippen MR) is 72.5 cm³/mol. The van der Waals surface area contributed by atoms with Gasteiger partial charge in [-0.2, -0.15) is 0 Å². The van der Waals surface area contributed by atoms with E-state index in [1.165, 1.54) is 6.07 Å². The lowest BCUT2D eigenvalue weighted by atomic mass is 9.91. The van der Waals surface area contributed by atoms with Gasteiger partial charge < -0.3 is 4.74 Å². The summed E-state index contributed by atoms with van der Waals surface area (Å²) in [7, 11) is 0. The Labute approximate surface area is 112 Å². The Kier molecular flexibility index (Phi) is 4.29. The zero-order chi connectivity index (χ0) is 14.8. The molecule has 0 N–H and O–H groups in total. The van der Waals surface area contributed by atoms with Crippen molar-refractivity contribution in [2.45, 2.75) is 34.6 Å². The zero-order valence-electron chi connectivity index (χ0n) is 11.9. The maximum atomic E-state index is 11.8. The van der Waals surface area contributed by atoms with Crippen molar-refractivity contribution in [3.63, 3.8) is 0 Å². The first-order chi connectivity index (χ1) is 8.62. The van der Waals surface area contributed by atoms with Crippen LogP contribution in [0, 0.1) is 29.4 Å². The maximum Gasteiger partial charge on any atom is 0.272 e. The van der Waals surface area contributed by atoms with Gasteiger partial charge in [0.25, 0.3) is 5.69 Å². The Morgan fingerprint density at radius 3 is 2.32 bits per heavy atom. The third-order valence-electron chi connectivity index (χ3n) is 2.89. The van der Waals surface area contributed by atoms with Crippen LogP contribution in [0.5, 0.6) is 5.75 Å².